The molecular weight excluding hydrogens is 340 g/mol. The molecule has 2 atom stereocenters. The van der Waals surface area contributed by atoms with Crippen LogP contribution in [-0.2, 0) is 4.79 Å². The van der Waals surface area contributed by atoms with Gasteiger partial charge in [-0.15, -0.1) is 0 Å². The van der Waals surface area contributed by atoms with Crippen molar-refractivity contribution in [2.24, 2.45) is 28.9 Å². The van der Waals surface area contributed by atoms with Crippen LogP contribution in [-0.4, -0.2) is 47.6 Å². The first kappa shape index (κ1) is 19.2. The van der Waals surface area contributed by atoms with Crippen LogP contribution in [0.4, 0.5) is 4.79 Å². The van der Waals surface area contributed by atoms with Crippen LogP contribution in [0.5, 0.6) is 0 Å². The largest absolute Gasteiger partial charge is 0.332 e. The number of likely N-dealkylation sites (tertiary alicyclic amines) is 1. The third-order valence-corrected chi connectivity index (χ3v) is 7.92. The second kappa shape index (κ2) is 6.73. The van der Waals surface area contributed by atoms with E-state index in [1.165, 1.54) is 19.3 Å². The van der Waals surface area contributed by atoms with E-state index in [9.17, 15) is 9.59 Å². The molecule has 4 N–H and O–H groups in total. The maximum absolute atomic E-state index is 12.7. The van der Waals surface area contributed by atoms with E-state index in [1.807, 2.05) is 6.92 Å². The lowest BCUT2D eigenvalue weighted by atomic mass is 9.53. The number of nitrogens with zero attached hydrogens (tertiary/aromatic N) is 1. The molecule has 3 amide bonds. The smallest absolute Gasteiger partial charge is 0.321 e. The molecule has 1 saturated heterocycles. The number of hydrogen-bond acceptors (Lipinski definition) is 4. The second-order valence-corrected chi connectivity index (χ2v) is 10.7. The molecule has 0 aromatic heterocycles. The summed E-state index contributed by atoms with van der Waals surface area (Å²) in [6.07, 6.45) is 8.17. The summed E-state index contributed by atoms with van der Waals surface area (Å²) in [4.78, 5) is 27.5. The summed E-state index contributed by atoms with van der Waals surface area (Å²) < 4.78 is 0. The Kier molecular flexibility index (Phi) is 4.78. The Morgan fingerprint density at radius 2 is 1.63 bits per heavy atom. The van der Waals surface area contributed by atoms with Crippen molar-refractivity contribution in [2.75, 3.05) is 13.1 Å². The maximum atomic E-state index is 12.7. The third-order valence-electron chi connectivity index (χ3n) is 7.92. The zero-order chi connectivity index (χ0) is 19.4. The Labute approximate surface area is 163 Å². The molecule has 4 aliphatic carbocycles. The van der Waals surface area contributed by atoms with Crippen LogP contribution in [0.25, 0.3) is 0 Å². The lowest BCUT2D eigenvalue weighted by molar-refractivity contribution is -0.126. The van der Waals surface area contributed by atoms with E-state index in [0.29, 0.717) is 0 Å². The van der Waals surface area contributed by atoms with Crippen molar-refractivity contribution in [3.8, 4) is 0 Å². The van der Waals surface area contributed by atoms with E-state index in [0.717, 1.165) is 56.5 Å². The highest BCUT2D eigenvalue weighted by Gasteiger charge is 2.51. The number of nitrogens with two attached hydrogens (primary N) is 1. The molecule has 0 spiro atoms. The predicted octanol–water partition coefficient (Wildman–Crippen LogP) is 2.23. The van der Waals surface area contributed by atoms with Gasteiger partial charge in [0.15, 0.2) is 0 Å². The summed E-state index contributed by atoms with van der Waals surface area (Å²) in [5, 5.41) is 5.86. The SMILES string of the molecule is CC(C(=O)NC(=O)NC12CC3CC(CC(C3)C1)C2)N1CCC(N)C(C)(C)C1. The highest BCUT2D eigenvalue weighted by atomic mass is 16.2. The fraction of sp³-hybridized carbons (Fsp3) is 0.905. The van der Waals surface area contributed by atoms with Gasteiger partial charge in [0.2, 0.25) is 5.91 Å². The van der Waals surface area contributed by atoms with Gasteiger partial charge >= 0.3 is 6.03 Å². The molecule has 27 heavy (non-hydrogen) atoms. The van der Waals surface area contributed by atoms with Crippen molar-refractivity contribution < 1.29 is 9.59 Å². The molecule has 0 aromatic carbocycles. The number of nitrogens with one attached hydrogen (secondary N) is 2. The molecular formula is C21H36N4O2. The van der Waals surface area contributed by atoms with E-state index in [-0.39, 0.29) is 35.0 Å². The summed E-state index contributed by atoms with van der Waals surface area (Å²) in [6.45, 7) is 7.76. The normalized spacial score (nSPS) is 41.2. The van der Waals surface area contributed by atoms with Crippen molar-refractivity contribution in [3.05, 3.63) is 0 Å². The van der Waals surface area contributed by atoms with Crippen LogP contribution >= 0.6 is 0 Å². The maximum Gasteiger partial charge on any atom is 0.321 e. The summed E-state index contributed by atoms with van der Waals surface area (Å²) in [6, 6.07) is -0.468. The Morgan fingerprint density at radius 3 is 2.15 bits per heavy atom. The Morgan fingerprint density at radius 1 is 1.07 bits per heavy atom. The lowest BCUT2D eigenvalue weighted by Crippen LogP contribution is -2.63. The quantitative estimate of drug-likeness (QED) is 0.705. The van der Waals surface area contributed by atoms with E-state index in [4.69, 9.17) is 5.73 Å². The highest BCUT2D eigenvalue weighted by Crippen LogP contribution is 2.55. The van der Waals surface area contributed by atoms with Gasteiger partial charge in [0.1, 0.15) is 0 Å². The van der Waals surface area contributed by atoms with Gasteiger partial charge in [-0.3, -0.25) is 15.0 Å². The average molecular weight is 377 g/mol. The van der Waals surface area contributed by atoms with Gasteiger partial charge in [-0.25, -0.2) is 4.79 Å². The minimum absolute atomic E-state index is 0.0196. The predicted molar refractivity (Wildman–Crippen MR) is 105 cm³/mol. The third kappa shape index (κ3) is 3.75. The number of urea groups is 1. The van der Waals surface area contributed by atoms with Crippen LogP contribution in [0.15, 0.2) is 0 Å². The average Bonchev–Trinajstić information content (AvgIpc) is 2.54. The molecule has 6 heteroatoms. The van der Waals surface area contributed by atoms with Crippen LogP contribution < -0.4 is 16.4 Å². The highest BCUT2D eigenvalue weighted by molar-refractivity contribution is 5.97. The number of hydrogen-bond donors (Lipinski definition) is 3. The van der Waals surface area contributed by atoms with Gasteiger partial charge < -0.3 is 11.1 Å². The van der Waals surface area contributed by atoms with Gasteiger partial charge in [-0.2, -0.15) is 0 Å². The molecule has 1 aliphatic heterocycles. The lowest BCUT2D eigenvalue weighted by Gasteiger charge is -2.56. The van der Waals surface area contributed by atoms with Crippen molar-refractivity contribution in [1.29, 1.82) is 0 Å². The van der Waals surface area contributed by atoms with Crippen molar-refractivity contribution >= 4 is 11.9 Å². The molecule has 5 rings (SSSR count). The number of amides is 3. The molecule has 0 radical (unpaired) electrons. The van der Waals surface area contributed by atoms with E-state index < -0.39 is 0 Å². The molecule has 5 aliphatic rings. The zero-order valence-electron chi connectivity index (χ0n) is 17.1. The number of imide groups is 1. The second-order valence-electron chi connectivity index (χ2n) is 10.7. The number of carbonyl (C=O) groups is 2. The number of rotatable bonds is 3. The van der Waals surface area contributed by atoms with Crippen LogP contribution in [0.1, 0.15) is 65.7 Å². The Bertz CT molecular complexity index is 582. The standard InChI is InChI=1S/C21H36N4O2/c1-13(25-5-4-17(22)20(2,3)12-25)18(26)23-19(27)24-21-9-14-6-15(10-21)8-16(7-14)11-21/h13-17H,4-12,22H2,1-3H3,(H2,23,24,26,27). The van der Waals surface area contributed by atoms with Gasteiger partial charge in [0.05, 0.1) is 6.04 Å². The monoisotopic (exact) mass is 376 g/mol. The van der Waals surface area contributed by atoms with E-state index in [1.54, 1.807) is 0 Å². The number of carbonyl (C=O) groups excluding carboxylic acids is 2. The summed E-state index contributed by atoms with van der Waals surface area (Å²) >= 11 is 0. The van der Waals surface area contributed by atoms with Gasteiger partial charge in [0.25, 0.3) is 0 Å². The molecule has 6 nitrogen and oxygen atoms in total. The van der Waals surface area contributed by atoms with Crippen molar-refractivity contribution in [2.45, 2.75) is 83.3 Å². The topological polar surface area (TPSA) is 87.5 Å². The summed E-state index contributed by atoms with van der Waals surface area (Å²) in [5.74, 6) is 2.10. The Hall–Kier alpha value is -1.14. The molecule has 5 fully saturated rings. The fourth-order valence-corrected chi connectivity index (χ4v) is 6.66. The zero-order valence-corrected chi connectivity index (χ0v) is 17.1. The van der Waals surface area contributed by atoms with E-state index in [2.05, 4.69) is 29.4 Å². The molecule has 4 bridgehead atoms. The van der Waals surface area contributed by atoms with Gasteiger partial charge in [-0.1, -0.05) is 13.8 Å². The molecule has 4 saturated carbocycles. The minimum atomic E-state index is -0.320. The van der Waals surface area contributed by atoms with Gasteiger partial charge in [0, 0.05) is 24.7 Å². The van der Waals surface area contributed by atoms with Crippen LogP contribution in [0.2, 0.25) is 0 Å². The molecule has 1 heterocycles. The fourth-order valence-electron chi connectivity index (χ4n) is 6.66. The van der Waals surface area contributed by atoms with Crippen molar-refractivity contribution in [1.82, 2.24) is 15.5 Å². The summed E-state index contributed by atoms with van der Waals surface area (Å²) in [5.41, 5.74) is 6.12. The first-order chi connectivity index (χ1) is 12.7. The number of piperidine rings is 1. The van der Waals surface area contributed by atoms with E-state index >= 15 is 0 Å². The molecule has 2 unspecified atom stereocenters. The first-order valence-electron chi connectivity index (χ1n) is 10.8. The van der Waals surface area contributed by atoms with Crippen LogP contribution in [0, 0.1) is 23.2 Å². The van der Waals surface area contributed by atoms with Gasteiger partial charge in [-0.05, 0) is 75.0 Å². The van der Waals surface area contributed by atoms with Crippen LogP contribution in [0.3, 0.4) is 0 Å². The first-order valence-corrected chi connectivity index (χ1v) is 10.8. The summed E-state index contributed by atoms with van der Waals surface area (Å²) in [7, 11) is 0. The Balaban J connectivity index is 1.32. The minimum Gasteiger partial charge on any atom is -0.332 e. The molecule has 0 aromatic rings. The molecule has 152 valence electrons. The van der Waals surface area contributed by atoms with Crippen molar-refractivity contribution in [3.63, 3.8) is 0 Å².